The zero-order valence-electron chi connectivity index (χ0n) is 11.3. The second kappa shape index (κ2) is 6.97. The Kier molecular flexibility index (Phi) is 5.04. The third kappa shape index (κ3) is 3.88. The molecule has 6 heteroatoms. The predicted molar refractivity (Wildman–Crippen MR) is 79.8 cm³/mol. The molecule has 1 aromatic heterocycles. The number of thiazole rings is 1. The average molecular weight is 304 g/mol. The van der Waals surface area contributed by atoms with E-state index >= 15 is 0 Å². The molecule has 0 aliphatic heterocycles. The number of nitrogens with zero attached hydrogens (tertiary/aromatic N) is 1. The van der Waals surface area contributed by atoms with Crippen molar-refractivity contribution in [2.75, 3.05) is 11.9 Å². The van der Waals surface area contributed by atoms with Gasteiger partial charge in [0.25, 0.3) is 5.91 Å². The van der Waals surface area contributed by atoms with Crippen molar-refractivity contribution < 1.29 is 14.3 Å². The summed E-state index contributed by atoms with van der Waals surface area (Å²) >= 11 is 1.25. The number of hydrogen-bond acceptors (Lipinski definition) is 4. The highest BCUT2D eigenvalue weighted by molar-refractivity contribution is 7.12. The van der Waals surface area contributed by atoms with Crippen LogP contribution < -0.4 is 5.32 Å². The lowest BCUT2D eigenvalue weighted by atomic mass is 10.2. The van der Waals surface area contributed by atoms with Gasteiger partial charge in [-0.1, -0.05) is 11.8 Å². The van der Waals surface area contributed by atoms with E-state index in [2.05, 4.69) is 22.1 Å². The lowest BCUT2D eigenvalue weighted by Gasteiger charge is -2.05. The SMILES string of the molecule is Cc1ncsc1C(=O)Nc1ccc(F)c(C#CCCO)c1. The van der Waals surface area contributed by atoms with Crippen LogP contribution in [0.3, 0.4) is 0 Å². The number of anilines is 1. The molecule has 108 valence electrons. The number of hydrogen-bond donors (Lipinski definition) is 2. The van der Waals surface area contributed by atoms with Crippen molar-refractivity contribution in [2.24, 2.45) is 0 Å². The first-order valence-corrected chi connectivity index (χ1v) is 7.10. The standard InChI is InChI=1S/C15H13FN2O2S/c1-10-14(21-9-17-10)15(20)18-12-5-6-13(16)11(8-12)4-2-3-7-19/h5-6,8-9,19H,3,7H2,1H3,(H,18,20). The molecule has 0 radical (unpaired) electrons. The maximum absolute atomic E-state index is 13.6. The molecule has 2 rings (SSSR count). The zero-order valence-corrected chi connectivity index (χ0v) is 12.1. The third-order valence-corrected chi connectivity index (χ3v) is 3.56. The fourth-order valence-electron chi connectivity index (χ4n) is 1.62. The topological polar surface area (TPSA) is 62.2 Å². The van der Waals surface area contributed by atoms with Gasteiger partial charge in [0.1, 0.15) is 10.7 Å². The third-order valence-electron chi connectivity index (χ3n) is 2.64. The van der Waals surface area contributed by atoms with E-state index in [9.17, 15) is 9.18 Å². The molecule has 0 unspecified atom stereocenters. The van der Waals surface area contributed by atoms with E-state index in [4.69, 9.17) is 5.11 Å². The molecule has 0 spiro atoms. The smallest absolute Gasteiger partial charge is 0.267 e. The van der Waals surface area contributed by atoms with Gasteiger partial charge in [-0.2, -0.15) is 0 Å². The fraction of sp³-hybridized carbons (Fsp3) is 0.200. The van der Waals surface area contributed by atoms with E-state index in [1.165, 1.54) is 29.5 Å². The van der Waals surface area contributed by atoms with E-state index in [1.807, 2.05) is 0 Å². The normalized spacial score (nSPS) is 9.86. The van der Waals surface area contributed by atoms with Crippen molar-refractivity contribution in [3.05, 3.63) is 45.7 Å². The van der Waals surface area contributed by atoms with E-state index in [0.717, 1.165) is 0 Å². The molecule has 2 N–H and O–H groups in total. The number of rotatable bonds is 3. The summed E-state index contributed by atoms with van der Waals surface area (Å²) in [5.74, 6) is 4.53. The second-order valence-electron chi connectivity index (χ2n) is 4.19. The molecular weight excluding hydrogens is 291 g/mol. The molecular formula is C15H13FN2O2S. The van der Waals surface area contributed by atoms with Crippen LogP contribution in [0.5, 0.6) is 0 Å². The molecule has 4 nitrogen and oxygen atoms in total. The van der Waals surface area contributed by atoms with Crippen LogP contribution in [0, 0.1) is 24.6 Å². The van der Waals surface area contributed by atoms with Crippen molar-refractivity contribution in [1.82, 2.24) is 4.98 Å². The fourth-order valence-corrected chi connectivity index (χ4v) is 2.32. The molecule has 0 bridgehead atoms. The van der Waals surface area contributed by atoms with Gasteiger partial charge in [-0.3, -0.25) is 4.79 Å². The highest BCUT2D eigenvalue weighted by Crippen LogP contribution is 2.18. The second-order valence-corrected chi connectivity index (χ2v) is 5.05. The first-order valence-electron chi connectivity index (χ1n) is 6.22. The Hall–Kier alpha value is -2.23. The Labute approximate surface area is 125 Å². The summed E-state index contributed by atoms with van der Waals surface area (Å²) in [6.45, 7) is 1.68. The predicted octanol–water partition coefficient (Wildman–Crippen LogP) is 2.58. The highest BCUT2D eigenvalue weighted by Gasteiger charge is 2.12. The molecule has 2 aromatic rings. The Morgan fingerprint density at radius 2 is 2.33 bits per heavy atom. The van der Waals surface area contributed by atoms with Crippen LogP contribution in [0.1, 0.15) is 27.3 Å². The van der Waals surface area contributed by atoms with E-state index in [0.29, 0.717) is 16.3 Å². The van der Waals surface area contributed by atoms with Gasteiger partial charge in [-0.05, 0) is 25.1 Å². The van der Waals surface area contributed by atoms with Crippen LogP contribution in [0.25, 0.3) is 0 Å². The number of aliphatic hydroxyl groups is 1. The number of aromatic nitrogens is 1. The Morgan fingerprint density at radius 1 is 1.52 bits per heavy atom. The van der Waals surface area contributed by atoms with Gasteiger partial charge in [-0.15, -0.1) is 11.3 Å². The minimum Gasteiger partial charge on any atom is -0.395 e. The molecule has 1 amide bonds. The average Bonchev–Trinajstić information content (AvgIpc) is 2.89. The number of aliphatic hydroxyl groups excluding tert-OH is 1. The summed E-state index contributed by atoms with van der Waals surface area (Å²) in [5, 5.41) is 11.4. The van der Waals surface area contributed by atoms with Crippen LogP contribution >= 0.6 is 11.3 Å². The molecule has 0 fully saturated rings. The number of benzene rings is 1. The Bertz CT molecular complexity index is 716. The summed E-state index contributed by atoms with van der Waals surface area (Å²) < 4.78 is 13.6. The molecule has 0 aliphatic rings. The first-order chi connectivity index (χ1) is 10.1. The summed E-state index contributed by atoms with van der Waals surface area (Å²) in [6.07, 6.45) is 0.274. The van der Waals surface area contributed by atoms with Crippen LogP contribution in [0.4, 0.5) is 10.1 Å². The van der Waals surface area contributed by atoms with Crippen LogP contribution in [-0.4, -0.2) is 22.6 Å². The van der Waals surface area contributed by atoms with Crippen molar-refractivity contribution in [3.8, 4) is 11.8 Å². The summed E-state index contributed by atoms with van der Waals surface area (Å²) in [7, 11) is 0. The number of aryl methyl sites for hydroxylation is 1. The van der Waals surface area contributed by atoms with Gasteiger partial charge in [-0.25, -0.2) is 9.37 Å². The van der Waals surface area contributed by atoms with E-state index in [-0.39, 0.29) is 24.5 Å². The molecule has 0 atom stereocenters. The monoisotopic (exact) mass is 304 g/mol. The van der Waals surface area contributed by atoms with Crippen LogP contribution in [-0.2, 0) is 0 Å². The quantitative estimate of drug-likeness (QED) is 0.857. The number of carbonyl (C=O) groups is 1. The molecule has 1 aromatic carbocycles. The molecule has 0 saturated heterocycles. The number of carbonyl (C=O) groups excluding carboxylic acids is 1. The summed E-state index contributed by atoms with van der Waals surface area (Å²) in [6, 6.07) is 4.19. The summed E-state index contributed by atoms with van der Waals surface area (Å²) in [5.41, 5.74) is 2.90. The molecule has 1 heterocycles. The molecule has 0 saturated carbocycles. The van der Waals surface area contributed by atoms with Crippen molar-refractivity contribution in [3.63, 3.8) is 0 Å². The molecule has 0 aliphatic carbocycles. The van der Waals surface area contributed by atoms with E-state index in [1.54, 1.807) is 12.4 Å². The minimum atomic E-state index is -0.465. The van der Waals surface area contributed by atoms with Gasteiger partial charge in [0, 0.05) is 12.1 Å². The van der Waals surface area contributed by atoms with Crippen molar-refractivity contribution in [1.29, 1.82) is 0 Å². The Morgan fingerprint density at radius 3 is 3.00 bits per heavy atom. The van der Waals surface area contributed by atoms with Crippen molar-refractivity contribution >= 4 is 22.9 Å². The number of halogens is 1. The zero-order chi connectivity index (χ0) is 15.2. The lowest BCUT2D eigenvalue weighted by molar-refractivity contribution is 0.103. The highest BCUT2D eigenvalue weighted by atomic mass is 32.1. The molecule has 21 heavy (non-hydrogen) atoms. The largest absolute Gasteiger partial charge is 0.395 e. The van der Waals surface area contributed by atoms with Crippen LogP contribution in [0.15, 0.2) is 23.7 Å². The van der Waals surface area contributed by atoms with Gasteiger partial charge >= 0.3 is 0 Å². The van der Waals surface area contributed by atoms with Gasteiger partial charge < -0.3 is 10.4 Å². The Balaban J connectivity index is 2.18. The van der Waals surface area contributed by atoms with Gasteiger partial charge in [0.15, 0.2) is 0 Å². The lowest BCUT2D eigenvalue weighted by Crippen LogP contribution is -2.11. The first kappa shape index (κ1) is 15.2. The number of nitrogens with one attached hydrogen (secondary N) is 1. The maximum atomic E-state index is 13.6. The van der Waals surface area contributed by atoms with E-state index < -0.39 is 5.82 Å². The minimum absolute atomic E-state index is 0.0737. The van der Waals surface area contributed by atoms with Crippen LogP contribution in [0.2, 0.25) is 0 Å². The summed E-state index contributed by atoms with van der Waals surface area (Å²) in [4.78, 5) is 16.6. The number of amides is 1. The van der Waals surface area contributed by atoms with Crippen molar-refractivity contribution in [2.45, 2.75) is 13.3 Å². The maximum Gasteiger partial charge on any atom is 0.267 e. The van der Waals surface area contributed by atoms with Gasteiger partial charge in [0.2, 0.25) is 0 Å². The van der Waals surface area contributed by atoms with Gasteiger partial charge in [0.05, 0.1) is 23.4 Å².